The summed E-state index contributed by atoms with van der Waals surface area (Å²) in [5.74, 6) is -0.103. The van der Waals surface area contributed by atoms with Crippen molar-refractivity contribution in [3.05, 3.63) is 49.6 Å². The van der Waals surface area contributed by atoms with Gasteiger partial charge >= 0.3 is 0 Å². The standard InChI is InChI=1S/C15H15Cl3N2OS/c1-2-20(8-10-4-3-5-22-10)9-15(21)19-14-7-12(17)11(16)6-13(14)18/h3-7H,2,8-9H2,1H3,(H,19,21)/p+1. The average molecular weight is 379 g/mol. The number of hydrogen-bond donors (Lipinski definition) is 2. The molecule has 1 heterocycles. The number of amides is 1. The van der Waals surface area contributed by atoms with E-state index in [2.05, 4.69) is 18.3 Å². The molecule has 22 heavy (non-hydrogen) atoms. The minimum absolute atomic E-state index is 0.103. The zero-order chi connectivity index (χ0) is 16.1. The molecule has 0 radical (unpaired) electrons. The van der Waals surface area contributed by atoms with Gasteiger partial charge in [0.2, 0.25) is 0 Å². The highest BCUT2D eigenvalue weighted by Crippen LogP contribution is 2.32. The molecule has 0 bridgehead atoms. The first-order chi connectivity index (χ1) is 10.5. The van der Waals surface area contributed by atoms with E-state index in [1.165, 1.54) is 15.8 Å². The van der Waals surface area contributed by atoms with Crippen LogP contribution in [0.3, 0.4) is 0 Å². The Bertz CT molecular complexity index is 646. The van der Waals surface area contributed by atoms with Crippen molar-refractivity contribution in [3.63, 3.8) is 0 Å². The van der Waals surface area contributed by atoms with Gasteiger partial charge in [0.1, 0.15) is 6.54 Å². The second-order valence-corrected chi connectivity index (χ2v) is 7.08. The normalized spacial score (nSPS) is 12.2. The van der Waals surface area contributed by atoms with Gasteiger partial charge in [-0.25, -0.2) is 0 Å². The third kappa shape index (κ3) is 4.86. The molecule has 0 saturated carbocycles. The molecule has 1 aromatic heterocycles. The van der Waals surface area contributed by atoms with Gasteiger partial charge in [-0.1, -0.05) is 40.9 Å². The first-order valence-electron chi connectivity index (χ1n) is 6.80. The van der Waals surface area contributed by atoms with Crippen molar-refractivity contribution in [2.45, 2.75) is 13.5 Å². The highest BCUT2D eigenvalue weighted by molar-refractivity contribution is 7.09. The minimum atomic E-state index is -0.103. The molecule has 2 aromatic rings. The number of benzene rings is 1. The summed E-state index contributed by atoms with van der Waals surface area (Å²) in [7, 11) is 0. The van der Waals surface area contributed by atoms with E-state index in [4.69, 9.17) is 34.8 Å². The Hall–Kier alpha value is -0.780. The number of likely N-dealkylation sites (N-methyl/N-ethyl adjacent to an activating group) is 1. The summed E-state index contributed by atoms with van der Waals surface area (Å²) in [5, 5.41) is 5.93. The number of thiophene rings is 1. The van der Waals surface area contributed by atoms with Gasteiger partial charge in [0.05, 0.1) is 32.2 Å². The second kappa shape index (κ2) is 8.18. The third-order valence-electron chi connectivity index (χ3n) is 3.20. The molecule has 0 aliphatic heterocycles. The number of rotatable bonds is 6. The molecule has 2 rings (SSSR count). The van der Waals surface area contributed by atoms with E-state index in [1.807, 2.05) is 11.4 Å². The Morgan fingerprint density at radius 3 is 2.59 bits per heavy atom. The van der Waals surface area contributed by atoms with Crippen LogP contribution in [0.5, 0.6) is 0 Å². The zero-order valence-electron chi connectivity index (χ0n) is 12.0. The van der Waals surface area contributed by atoms with Crippen LogP contribution in [0.15, 0.2) is 29.6 Å². The van der Waals surface area contributed by atoms with E-state index in [0.717, 1.165) is 13.1 Å². The van der Waals surface area contributed by atoms with E-state index in [1.54, 1.807) is 17.4 Å². The minimum Gasteiger partial charge on any atom is -0.323 e. The maximum atomic E-state index is 12.2. The molecule has 0 spiro atoms. The lowest BCUT2D eigenvalue weighted by molar-refractivity contribution is -0.903. The Labute approximate surface area is 148 Å². The van der Waals surface area contributed by atoms with Crippen molar-refractivity contribution >= 4 is 57.7 Å². The van der Waals surface area contributed by atoms with E-state index in [9.17, 15) is 4.79 Å². The smallest absolute Gasteiger partial charge is 0.279 e. The van der Waals surface area contributed by atoms with E-state index in [0.29, 0.717) is 27.3 Å². The molecule has 2 N–H and O–H groups in total. The van der Waals surface area contributed by atoms with Crippen molar-refractivity contribution in [2.75, 3.05) is 18.4 Å². The van der Waals surface area contributed by atoms with Crippen LogP contribution in [0, 0.1) is 0 Å². The topological polar surface area (TPSA) is 33.5 Å². The first kappa shape index (κ1) is 17.6. The molecule has 0 saturated heterocycles. The third-order valence-corrected chi connectivity index (χ3v) is 5.11. The molecule has 0 aliphatic rings. The number of halogens is 3. The Balaban J connectivity index is 1.98. The van der Waals surface area contributed by atoms with Crippen LogP contribution < -0.4 is 10.2 Å². The number of nitrogens with one attached hydrogen (secondary N) is 2. The molecule has 1 unspecified atom stereocenters. The first-order valence-corrected chi connectivity index (χ1v) is 8.81. The molecule has 1 amide bonds. The predicted octanol–water partition coefficient (Wildman–Crippen LogP) is 3.75. The maximum Gasteiger partial charge on any atom is 0.279 e. The van der Waals surface area contributed by atoms with Crippen molar-refractivity contribution in [3.8, 4) is 0 Å². The number of carbonyl (C=O) groups is 1. The van der Waals surface area contributed by atoms with Crippen LogP contribution in [-0.2, 0) is 11.3 Å². The lowest BCUT2D eigenvalue weighted by atomic mass is 10.3. The van der Waals surface area contributed by atoms with Gasteiger partial charge < -0.3 is 10.2 Å². The highest BCUT2D eigenvalue weighted by atomic mass is 35.5. The van der Waals surface area contributed by atoms with Crippen LogP contribution >= 0.6 is 46.1 Å². The molecule has 7 heteroatoms. The summed E-state index contributed by atoms with van der Waals surface area (Å²) < 4.78 is 0. The molecule has 1 atom stereocenters. The Morgan fingerprint density at radius 2 is 1.95 bits per heavy atom. The van der Waals surface area contributed by atoms with Gasteiger partial charge in [0.15, 0.2) is 6.54 Å². The zero-order valence-corrected chi connectivity index (χ0v) is 15.0. The summed E-state index contributed by atoms with van der Waals surface area (Å²) in [6.45, 7) is 4.12. The summed E-state index contributed by atoms with van der Waals surface area (Å²) in [4.78, 5) is 14.6. The van der Waals surface area contributed by atoms with Crippen molar-refractivity contribution in [2.24, 2.45) is 0 Å². The Kier molecular flexibility index (Phi) is 6.53. The fraction of sp³-hybridized carbons (Fsp3) is 0.267. The largest absolute Gasteiger partial charge is 0.323 e. The van der Waals surface area contributed by atoms with Crippen molar-refractivity contribution in [1.29, 1.82) is 0 Å². The monoisotopic (exact) mass is 377 g/mol. The number of carbonyl (C=O) groups excluding carboxylic acids is 1. The quantitative estimate of drug-likeness (QED) is 0.737. The predicted molar refractivity (Wildman–Crippen MR) is 94.5 cm³/mol. The Morgan fingerprint density at radius 1 is 1.23 bits per heavy atom. The van der Waals surface area contributed by atoms with Gasteiger partial charge in [-0.2, -0.15) is 0 Å². The lowest BCUT2D eigenvalue weighted by Gasteiger charge is -2.17. The van der Waals surface area contributed by atoms with Crippen LogP contribution in [0.2, 0.25) is 15.1 Å². The summed E-state index contributed by atoms with van der Waals surface area (Å²) in [5.41, 5.74) is 0.479. The molecule has 0 fully saturated rings. The van der Waals surface area contributed by atoms with Crippen LogP contribution in [0.25, 0.3) is 0 Å². The molecule has 1 aromatic carbocycles. The van der Waals surface area contributed by atoms with Crippen LogP contribution in [0.1, 0.15) is 11.8 Å². The molecular formula is C15H16Cl3N2OS+. The van der Waals surface area contributed by atoms with Crippen LogP contribution in [0.4, 0.5) is 5.69 Å². The van der Waals surface area contributed by atoms with Gasteiger partial charge in [-0.05, 0) is 30.5 Å². The van der Waals surface area contributed by atoms with Crippen LogP contribution in [-0.4, -0.2) is 19.0 Å². The number of hydrogen-bond acceptors (Lipinski definition) is 2. The van der Waals surface area contributed by atoms with Crippen molar-refractivity contribution in [1.82, 2.24) is 0 Å². The summed E-state index contributed by atoms with van der Waals surface area (Å²) >= 11 is 19.6. The fourth-order valence-electron chi connectivity index (χ4n) is 2.01. The number of quaternary nitrogens is 1. The van der Waals surface area contributed by atoms with E-state index < -0.39 is 0 Å². The summed E-state index contributed by atoms with van der Waals surface area (Å²) in [6, 6.07) is 7.18. The molecule has 3 nitrogen and oxygen atoms in total. The fourth-order valence-corrected chi connectivity index (χ4v) is 3.38. The van der Waals surface area contributed by atoms with Gasteiger partial charge in [0.25, 0.3) is 5.91 Å². The SMILES string of the molecule is CC[NH+](CC(=O)Nc1cc(Cl)c(Cl)cc1Cl)Cc1cccs1. The highest BCUT2D eigenvalue weighted by Gasteiger charge is 2.15. The van der Waals surface area contributed by atoms with Gasteiger partial charge in [-0.15, -0.1) is 11.3 Å². The molecular weight excluding hydrogens is 363 g/mol. The molecule has 118 valence electrons. The van der Waals surface area contributed by atoms with E-state index in [-0.39, 0.29) is 5.91 Å². The second-order valence-electron chi connectivity index (χ2n) is 4.83. The van der Waals surface area contributed by atoms with Gasteiger partial charge in [-0.3, -0.25) is 4.79 Å². The number of anilines is 1. The van der Waals surface area contributed by atoms with Crippen molar-refractivity contribution < 1.29 is 9.69 Å². The average Bonchev–Trinajstić information content (AvgIpc) is 2.97. The van der Waals surface area contributed by atoms with Gasteiger partial charge in [0, 0.05) is 0 Å². The summed E-state index contributed by atoms with van der Waals surface area (Å²) in [6.07, 6.45) is 0. The molecule has 0 aliphatic carbocycles. The van der Waals surface area contributed by atoms with E-state index >= 15 is 0 Å². The maximum absolute atomic E-state index is 12.2. The lowest BCUT2D eigenvalue weighted by Crippen LogP contribution is -3.11.